The average molecular weight is 2150 g/mol. The number of aryl methyl sites for hydroxylation is 2. The van der Waals surface area contributed by atoms with E-state index in [1.807, 2.05) is 197 Å². The fourth-order valence-electron chi connectivity index (χ4n) is 22.1. The summed E-state index contributed by atoms with van der Waals surface area (Å²) in [6.07, 6.45) is 9.35. The minimum Gasteiger partial charge on any atom is -0.481 e. The first kappa shape index (κ1) is 109. The van der Waals surface area contributed by atoms with Gasteiger partial charge in [-0.3, -0.25) is 23.8 Å². The maximum Gasteiger partial charge on any atom is 0.340 e. The fourth-order valence-corrected chi connectivity index (χ4v) is 26.6. The Bertz CT molecular complexity index is 6450. The van der Waals surface area contributed by atoms with E-state index in [0.717, 1.165) is 261 Å². The van der Waals surface area contributed by atoms with E-state index in [1.165, 1.54) is 9.79 Å². The Balaban J connectivity index is 0.000000204. The lowest BCUT2D eigenvalue weighted by Crippen LogP contribution is -2.46. The number of nitrogens with zero attached hydrogens (tertiary/aromatic N) is 8. The number of thioether (sulfide) groups is 2. The van der Waals surface area contributed by atoms with Crippen LogP contribution >= 0.6 is 46.7 Å². The van der Waals surface area contributed by atoms with Gasteiger partial charge in [0.25, 0.3) is 20.0 Å². The number of carbonyl (C=O) groups is 4. The van der Waals surface area contributed by atoms with E-state index in [-0.39, 0.29) is 57.8 Å². The molecule has 0 bridgehead atoms. The van der Waals surface area contributed by atoms with Gasteiger partial charge in [0.2, 0.25) is 0 Å². The maximum atomic E-state index is 14.6. The Morgan fingerprint density at radius 1 is 0.407 bits per heavy atom. The first-order valence-electron chi connectivity index (χ1n) is 53.0. The molecule has 2 aliphatic carbocycles. The predicted octanol–water partition coefficient (Wildman–Crippen LogP) is 23.6. The predicted molar refractivity (Wildman–Crippen MR) is 610 cm³/mol. The summed E-state index contributed by atoms with van der Waals surface area (Å²) in [5.74, 6) is -0.728. The van der Waals surface area contributed by atoms with Gasteiger partial charge in [-0.2, -0.15) is 0 Å². The monoisotopic (exact) mass is 2140 g/mol. The van der Waals surface area contributed by atoms with Gasteiger partial charge in [0.05, 0.1) is 50.8 Å². The SMILES string of the molecule is CCn1c(C)c(C(=O)CC2CCC(C(=O)O)CC2)c(-c2cccc(N3CCN(c4ccc(NS(=O)(=O)c5ccc(N[C@H](CCN6CCC(O)CC6)CSc6ccccc6)c(C)c5)cc4)CC3)c2)c1-c1ccc(Cl)cc1.CCn1c(C)c(C(=O)OC2CCC(C(=O)O)CC2)c(-c2cccc(N3CCN(c4ccc(NS(=O)(=O)c5ccc(N[C@H](CCN6CCC(O)CC6)CSc6ccccc6)c(C)c5)cc4)CC3)c2)c1-c1ccc(Cl)cc1. The van der Waals surface area contributed by atoms with Gasteiger partial charge in [0.15, 0.2) is 5.78 Å². The van der Waals surface area contributed by atoms with Crippen LogP contribution in [-0.4, -0.2) is 213 Å². The van der Waals surface area contributed by atoms with Crippen molar-refractivity contribution >= 4 is 136 Å². The number of ether oxygens (including phenoxy) is 1. The summed E-state index contributed by atoms with van der Waals surface area (Å²) in [6.45, 7) is 24.8. The zero-order chi connectivity index (χ0) is 105. The average Bonchev–Trinajstić information content (AvgIpc) is 1.59. The lowest BCUT2D eigenvalue weighted by molar-refractivity contribution is -0.144. The number of Topliss-reactive ketones (excluding diaryl/α,β-unsaturated/α-hetero) is 1. The minimum absolute atomic E-state index is 0.0970. The first-order chi connectivity index (χ1) is 72.4. The van der Waals surface area contributed by atoms with Gasteiger partial charge >= 0.3 is 17.9 Å². The Morgan fingerprint density at radius 2 is 0.780 bits per heavy atom. The number of likely N-dealkylation sites (tertiary alicyclic amines) is 2. The second-order valence-corrected chi connectivity index (χ2v) is 47.2. The maximum absolute atomic E-state index is 14.6. The molecule has 10 aromatic carbocycles. The molecule has 0 spiro atoms. The van der Waals surface area contributed by atoms with Crippen LogP contribution in [0.1, 0.15) is 153 Å². The largest absolute Gasteiger partial charge is 0.481 e. The number of anilines is 8. The first-order valence-corrected chi connectivity index (χ1v) is 58.7. The summed E-state index contributed by atoms with van der Waals surface area (Å²) >= 11 is 16.4. The number of sulfonamides is 2. The van der Waals surface area contributed by atoms with Gasteiger partial charge in [-0.05, 0) is 328 Å². The number of nitrogens with one attached hydrogen (secondary N) is 4. The van der Waals surface area contributed by atoms with E-state index in [0.29, 0.717) is 85.0 Å². The van der Waals surface area contributed by atoms with Crippen molar-refractivity contribution in [2.24, 2.45) is 17.8 Å². The number of ketones is 1. The third kappa shape index (κ3) is 27.7. The number of esters is 1. The lowest BCUT2D eigenvalue weighted by atomic mass is 9.79. The number of hydrogen-bond acceptors (Lipinski definition) is 21. The van der Waals surface area contributed by atoms with Gasteiger partial charge in [-0.15, -0.1) is 23.5 Å². The van der Waals surface area contributed by atoms with Crippen molar-refractivity contribution in [1.82, 2.24) is 18.9 Å². The normalized spacial score (nSPS) is 18.2. The molecule has 4 saturated heterocycles. The Hall–Kier alpha value is -11.7. The van der Waals surface area contributed by atoms with Gasteiger partial charge in [-0.1, -0.05) is 108 Å². The van der Waals surface area contributed by atoms with E-state index in [4.69, 9.17) is 27.9 Å². The quantitative estimate of drug-likeness (QED) is 0.0101. The number of hydrogen-bond donors (Lipinski definition) is 8. The van der Waals surface area contributed by atoms with Crippen molar-refractivity contribution in [2.45, 2.75) is 201 Å². The van der Waals surface area contributed by atoms with Crippen molar-refractivity contribution in [3.8, 4) is 44.8 Å². The number of carbonyl (C=O) groups excluding carboxylic acids is 2. The number of carboxylic acids is 2. The molecule has 0 amide bonds. The zero-order valence-corrected chi connectivity index (χ0v) is 91.3. The second-order valence-electron chi connectivity index (χ2n) is 40.7. The van der Waals surface area contributed by atoms with Crippen molar-refractivity contribution in [1.29, 1.82) is 0 Å². The summed E-state index contributed by atoms with van der Waals surface area (Å²) in [5, 5.41) is 47.9. The van der Waals surface area contributed by atoms with Crippen LogP contribution in [0.2, 0.25) is 10.0 Å². The molecule has 25 nitrogen and oxygen atoms in total. The number of piperidine rings is 2. The highest BCUT2D eigenvalue weighted by atomic mass is 35.5. The molecule has 6 aliphatic rings. The Morgan fingerprint density at radius 3 is 1.16 bits per heavy atom. The van der Waals surface area contributed by atoms with Crippen LogP contribution in [-0.2, 0) is 47.5 Å². The summed E-state index contributed by atoms with van der Waals surface area (Å²) < 4.78 is 71.4. The van der Waals surface area contributed by atoms with Crippen LogP contribution in [0.4, 0.5) is 45.5 Å². The van der Waals surface area contributed by atoms with Crippen molar-refractivity contribution in [2.75, 3.05) is 143 Å². The Labute approximate surface area is 902 Å². The molecule has 12 aromatic rings. The van der Waals surface area contributed by atoms with Crippen molar-refractivity contribution < 1.29 is 61.2 Å². The van der Waals surface area contributed by atoms with Gasteiger partial charge < -0.3 is 74.3 Å². The molecule has 792 valence electrons. The van der Waals surface area contributed by atoms with E-state index in [1.54, 1.807) is 24.3 Å². The smallest absolute Gasteiger partial charge is 0.340 e. The number of carboxylic acid groups (broad SMARTS) is 2. The third-order valence-electron chi connectivity index (χ3n) is 30.7. The fraction of sp³-hybridized carbons (Fsp3) is 0.395. The summed E-state index contributed by atoms with van der Waals surface area (Å²) in [4.78, 5) is 69.3. The standard InChI is InChI=1S/C60H71ClN6O6S2.C59H69ClN6O7S2/c1-4-67-42(3)57(56(69)38-43-13-15-45(16-14-43)60(70)71)58(59(67)44-17-19-47(61)20-18-44)46-9-8-10-51(39-46)66-35-33-65(34-36-66)50-23-21-48(22-24-50)63-75(72,73)54-25-26-55(41(2)37-54)62-49(40-74-53-11-6-5-7-12-53)27-30-64-31-28-52(68)29-32-64;1-4-66-41(3)55(59(70)73-51-23-15-43(16-24-51)58(68)69)56(57(66)42-13-17-45(60)18-14-42)44-9-8-10-49(38-44)65-35-33-64(34-36-65)48-21-19-46(20-22-48)62-75(71,72)53-25-26-54(40(2)37-53)61-47(39-74-52-11-6-5-7-12-52)27-30-63-31-28-50(67)29-32-63/h5-12,17-26,37,39,43,45,49,52,62-63,68H,4,13-16,27-36,38,40H2,1-3H3,(H,70,71);5-14,17-22,25-26,37-38,43,47,50-51,61-62,67H,4,15-16,23-24,27-36,39H2,1-3H3,(H,68,69)/t43?,45?,49-;43?,47-,51?/m11/s1. The Kier molecular flexibility index (Phi) is 37.0. The number of halogens is 2. The number of aliphatic hydroxyl groups is 2. The highest BCUT2D eigenvalue weighted by Crippen LogP contribution is 2.47. The highest BCUT2D eigenvalue weighted by molar-refractivity contribution is 7.99. The number of rotatable bonds is 39. The van der Waals surface area contributed by atoms with Crippen LogP contribution in [0, 0.1) is 45.4 Å². The summed E-state index contributed by atoms with van der Waals surface area (Å²) in [7, 11) is -7.75. The molecule has 6 heterocycles. The molecular formula is C119H140Cl2N12O13S4. The number of aromatic nitrogens is 2. The van der Waals surface area contributed by atoms with Gasteiger partial charge in [-0.25, -0.2) is 21.6 Å². The molecule has 2 saturated carbocycles. The lowest BCUT2D eigenvalue weighted by Gasteiger charge is -2.37. The number of piperazine rings is 2. The number of aliphatic carboxylic acids is 2. The second kappa shape index (κ2) is 50.7. The van der Waals surface area contributed by atoms with Crippen LogP contribution < -0.4 is 39.7 Å². The van der Waals surface area contributed by atoms with Gasteiger partial charge in [0, 0.05) is 228 Å². The molecule has 0 unspecified atom stereocenters. The molecule has 18 rings (SSSR count). The van der Waals surface area contributed by atoms with E-state index in [9.17, 15) is 56.4 Å². The molecule has 4 aliphatic heterocycles. The van der Waals surface area contributed by atoms with E-state index in [2.05, 4.69) is 145 Å². The van der Waals surface area contributed by atoms with Gasteiger partial charge in [0.1, 0.15) is 6.10 Å². The molecule has 0 radical (unpaired) electrons. The molecular weight excluding hydrogens is 2000 g/mol. The van der Waals surface area contributed by atoms with E-state index >= 15 is 0 Å². The molecule has 2 aromatic heterocycles. The van der Waals surface area contributed by atoms with E-state index < -0.39 is 43.9 Å². The minimum atomic E-state index is -3.88. The molecule has 150 heavy (non-hydrogen) atoms. The third-order valence-corrected chi connectivity index (χ3v) is 36.3. The molecule has 6 fully saturated rings. The number of benzene rings is 10. The zero-order valence-electron chi connectivity index (χ0n) is 86.5. The van der Waals surface area contributed by atoms with Crippen LogP contribution in [0.5, 0.6) is 0 Å². The summed E-state index contributed by atoms with van der Waals surface area (Å²) in [6, 6.07) is 79.1. The van der Waals surface area contributed by atoms with Crippen molar-refractivity contribution in [3.05, 3.63) is 286 Å². The van der Waals surface area contributed by atoms with Crippen LogP contribution in [0.3, 0.4) is 0 Å². The molecule has 8 N–H and O–H groups in total. The van der Waals surface area contributed by atoms with Crippen LogP contribution in [0.25, 0.3) is 44.8 Å². The molecule has 31 heteroatoms. The highest BCUT2D eigenvalue weighted by Gasteiger charge is 2.37. The van der Waals surface area contributed by atoms with Crippen LogP contribution in [0.15, 0.2) is 262 Å². The topological polar surface area (TPSA) is 304 Å². The molecule has 2 atom stereocenters. The van der Waals surface area contributed by atoms with Crippen molar-refractivity contribution in [3.63, 3.8) is 0 Å². The number of aliphatic hydroxyl groups excluding tert-OH is 2. The summed E-state index contributed by atoms with van der Waals surface area (Å²) in [5.41, 5.74) is 19.0.